The van der Waals surface area contributed by atoms with E-state index >= 15 is 0 Å². The quantitative estimate of drug-likeness (QED) is 0.634. The summed E-state index contributed by atoms with van der Waals surface area (Å²) in [7, 11) is 0. The molecule has 0 N–H and O–H groups in total. The zero-order valence-electron chi connectivity index (χ0n) is 15.5. The van der Waals surface area contributed by atoms with Crippen molar-refractivity contribution in [2.24, 2.45) is 5.92 Å². The Bertz CT molecular complexity index is 562. The summed E-state index contributed by atoms with van der Waals surface area (Å²) in [6, 6.07) is 5.15. The van der Waals surface area contributed by atoms with Crippen LogP contribution in [0.25, 0.3) is 0 Å². The first-order chi connectivity index (χ1) is 11.9. The largest absolute Gasteiger partial charge is 0.464 e. The number of ether oxygens (including phenoxy) is 2. The average Bonchev–Trinajstić information content (AvgIpc) is 2.54. The number of hydrogen-bond acceptors (Lipinski definition) is 4. The summed E-state index contributed by atoms with van der Waals surface area (Å²) in [6.45, 7) is 8.29. The van der Waals surface area contributed by atoms with E-state index in [4.69, 9.17) is 9.47 Å². The maximum atomic E-state index is 13.5. The van der Waals surface area contributed by atoms with E-state index < -0.39 is 18.1 Å². The molecule has 0 saturated heterocycles. The van der Waals surface area contributed by atoms with E-state index in [1.165, 1.54) is 17.0 Å². The van der Waals surface area contributed by atoms with E-state index in [1.54, 1.807) is 26.0 Å². The fraction of sp³-hybridized carbons (Fsp3) is 0.579. The van der Waals surface area contributed by atoms with Gasteiger partial charge in [-0.1, -0.05) is 26.0 Å². The van der Waals surface area contributed by atoms with Crippen LogP contribution in [0.5, 0.6) is 0 Å². The molecule has 0 heterocycles. The van der Waals surface area contributed by atoms with E-state index in [0.717, 1.165) is 6.42 Å². The molecule has 5 nitrogen and oxygen atoms in total. The van der Waals surface area contributed by atoms with Gasteiger partial charge in [0, 0.05) is 13.0 Å². The fourth-order valence-electron chi connectivity index (χ4n) is 2.42. The summed E-state index contributed by atoms with van der Waals surface area (Å²) < 4.78 is 23.7. The van der Waals surface area contributed by atoms with Gasteiger partial charge in [-0.3, -0.25) is 4.90 Å². The van der Waals surface area contributed by atoms with Crippen molar-refractivity contribution in [3.63, 3.8) is 0 Å². The molecule has 0 aliphatic heterocycles. The van der Waals surface area contributed by atoms with E-state index in [2.05, 4.69) is 0 Å². The molecular weight excluding hydrogens is 325 g/mol. The van der Waals surface area contributed by atoms with Crippen LogP contribution in [-0.2, 0) is 20.7 Å². The Balaban J connectivity index is 3.08. The van der Waals surface area contributed by atoms with E-state index in [0.29, 0.717) is 18.0 Å². The molecule has 6 heteroatoms. The zero-order valence-corrected chi connectivity index (χ0v) is 15.5. The van der Waals surface area contributed by atoms with Crippen LogP contribution in [0.3, 0.4) is 0 Å². The van der Waals surface area contributed by atoms with Crippen LogP contribution in [0, 0.1) is 11.7 Å². The smallest absolute Gasteiger partial charge is 0.410 e. The van der Waals surface area contributed by atoms with Gasteiger partial charge in [-0.25, -0.2) is 14.0 Å². The van der Waals surface area contributed by atoms with Gasteiger partial charge in [0.05, 0.1) is 13.2 Å². The number of carbonyl (C=O) groups is 2. The molecule has 0 fully saturated rings. The molecule has 1 amide bonds. The minimum atomic E-state index is -0.848. The second-order valence-corrected chi connectivity index (χ2v) is 6.18. The molecule has 0 aliphatic rings. The lowest BCUT2D eigenvalue weighted by molar-refractivity contribution is -0.149. The number of amides is 1. The van der Waals surface area contributed by atoms with Gasteiger partial charge in [-0.2, -0.15) is 0 Å². The molecule has 1 rings (SSSR count). The van der Waals surface area contributed by atoms with Crippen molar-refractivity contribution < 1.29 is 23.5 Å². The first kappa shape index (κ1) is 20.9. The van der Waals surface area contributed by atoms with Crippen molar-refractivity contribution in [3.05, 3.63) is 35.6 Å². The lowest BCUT2D eigenvalue weighted by atomic mass is 10.0. The van der Waals surface area contributed by atoms with Crippen molar-refractivity contribution in [3.8, 4) is 0 Å². The number of esters is 1. The Morgan fingerprint density at radius 3 is 2.40 bits per heavy atom. The topological polar surface area (TPSA) is 55.8 Å². The van der Waals surface area contributed by atoms with Crippen LogP contribution in [0.4, 0.5) is 9.18 Å². The highest BCUT2D eigenvalue weighted by Gasteiger charge is 2.32. The fourth-order valence-corrected chi connectivity index (χ4v) is 2.42. The monoisotopic (exact) mass is 353 g/mol. The minimum absolute atomic E-state index is 0.174. The number of rotatable bonds is 9. The molecule has 1 atom stereocenters. The number of hydrogen-bond donors (Lipinski definition) is 0. The molecule has 140 valence electrons. The van der Waals surface area contributed by atoms with Gasteiger partial charge in [0.25, 0.3) is 0 Å². The van der Waals surface area contributed by atoms with Crippen molar-refractivity contribution >= 4 is 12.1 Å². The van der Waals surface area contributed by atoms with Crippen LogP contribution in [-0.4, -0.2) is 42.8 Å². The normalized spacial score (nSPS) is 11.9. The second-order valence-electron chi connectivity index (χ2n) is 6.18. The predicted molar refractivity (Wildman–Crippen MR) is 93.7 cm³/mol. The first-order valence-electron chi connectivity index (χ1n) is 8.73. The summed E-state index contributed by atoms with van der Waals surface area (Å²) >= 11 is 0. The summed E-state index contributed by atoms with van der Waals surface area (Å²) in [5.74, 6) is -0.539. The van der Waals surface area contributed by atoms with Crippen molar-refractivity contribution in [2.45, 2.75) is 46.6 Å². The van der Waals surface area contributed by atoms with Crippen LogP contribution < -0.4 is 0 Å². The van der Waals surface area contributed by atoms with Gasteiger partial charge in [-0.15, -0.1) is 0 Å². The Labute approximate surface area is 149 Å². The minimum Gasteiger partial charge on any atom is -0.464 e. The molecule has 25 heavy (non-hydrogen) atoms. The van der Waals surface area contributed by atoms with E-state index in [9.17, 15) is 14.0 Å². The van der Waals surface area contributed by atoms with Crippen LogP contribution >= 0.6 is 0 Å². The SMILES string of the molecule is CCOC(=O)C(Cc1cccc(F)c1)N(CCC(C)C)C(=O)OCC. The molecule has 0 aliphatic carbocycles. The van der Waals surface area contributed by atoms with Gasteiger partial charge in [-0.05, 0) is 43.9 Å². The Morgan fingerprint density at radius 2 is 1.84 bits per heavy atom. The molecule has 1 aromatic carbocycles. The highest BCUT2D eigenvalue weighted by atomic mass is 19.1. The van der Waals surface area contributed by atoms with Gasteiger partial charge in [0.15, 0.2) is 0 Å². The standard InChI is InChI=1S/C19H28FNO4/c1-5-24-18(22)17(13-15-8-7-9-16(20)12-15)21(11-10-14(3)4)19(23)25-6-2/h7-9,12,14,17H,5-6,10-11,13H2,1-4H3. The van der Waals surface area contributed by atoms with Crippen molar-refractivity contribution in [1.29, 1.82) is 0 Å². The highest BCUT2D eigenvalue weighted by molar-refractivity contribution is 5.81. The molecular formula is C19H28FNO4. The van der Waals surface area contributed by atoms with Gasteiger partial charge >= 0.3 is 12.1 Å². The highest BCUT2D eigenvalue weighted by Crippen LogP contribution is 2.16. The van der Waals surface area contributed by atoms with Crippen LogP contribution in [0.15, 0.2) is 24.3 Å². The predicted octanol–water partition coefficient (Wildman–Crippen LogP) is 3.80. The summed E-state index contributed by atoms with van der Waals surface area (Å²) in [5.41, 5.74) is 0.622. The zero-order chi connectivity index (χ0) is 18.8. The average molecular weight is 353 g/mol. The Morgan fingerprint density at radius 1 is 1.16 bits per heavy atom. The van der Waals surface area contributed by atoms with E-state index in [-0.39, 0.29) is 25.5 Å². The first-order valence-corrected chi connectivity index (χ1v) is 8.73. The summed E-state index contributed by atoms with van der Waals surface area (Å²) in [6.07, 6.45) is 0.336. The third kappa shape index (κ3) is 7.11. The number of carbonyl (C=O) groups excluding carboxylic acids is 2. The molecule has 0 saturated carbocycles. The number of halogens is 1. The molecule has 1 aromatic rings. The third-order valence-corrected chi connectivity index (χ3v) is 3.70. The molecule has 0 spiro atoms. The lowest BCUT2D eigenvalue weighted by Crippen LogP contribution is -2.48. The van der Waals surface area contributed by atoms with Gasteiger partial charge in [0.1, 0.15) is 11.9 Å². The van der Waals surface area contributed by atoms with Gasteiger partial charge < -0.3 is 9.47 Å². The molecule has 0 bridgehead atoms. The van der Waals surface area contributed by atoms with E-state index in [1.807, 2.05) is 13.8 Å². The Kier molecular flexibility index (Phi) is 8.95. The van der Waals surface area contributed by atoms with Crippen LogP contribution in [0.1, 0.15) is 39.7 Å². The Hall–Kier alpha value is -2.11. The molecule has 1 unspecified atom stereocenters. The van der Waals surface area contributed by atoms with Gasteiger partial charge in [0.2, 0.25) is 0 Å². The maximum absolute atomic E-state index is 13.5. The number of nitrogens with zero attached hydrogens (tertiary/aromatic N) is 1. The van der Waals surface area contributed by atoms with Crippen molar-refractivity contribution in [2.75, 3.05) is 19.8 Å². The van der Waals surface area contributed by atoms with Crippen LogP contribution in [0.2, 0.25) is 0 Å². The lowest BCUT2D eigenvalue weighted by Gasteiger charge is -2.30. The third-order valence-electron chi connectivity index (χ3n) is 3.70. The second kappa shape index (κ2) is 10.7. The summed E-state index contributed by atoms with van der Waals surface area (Å²) in [4.78, 5) is 26.2. The molecule has 0 radical (unpaired) electrons. The maximum Gasteiger partial charge on any atom is 0.410 e. The molecule has 0 aromatic heterocycles. The summed E-state index contributed by atoms with van der Waals surface area (Å²) in [5, 5.41) is 0. The number of benzene rings is 1. The van der Waals surface area contributed by atoms with Crippen molar-refractivity contribution in [1.82, 2.24) is 4.90 Å².